The van der Waals surface area contributed by atoms with Gasteiger partial charge in [0, 0.05) is 107 Å². The number of para-hydroxylation sites is 1. The fourth-order valence-corrected chi connectivity index (χ4v) is 21.7. The number of benzene rings is 4. The largest absolute Gasteiger partial charge is 0.491 e. The number of carbonyl (C=O) groups is 9. The number of rotatable bonds is 66. The van der Waals surface area contributed by atoms with Crippen molar-refractivity contribution in [1.29, 1.82) is 0 Å². The Labute approximate surface area is 826 Å². The van der Waals surface area contributed by atoms with E-state index in [1.165, 1.54) is 16.2 Å². The van der Waals surface area contributed by atoms with E-state index in [0.29, 0.717) is 215 Å². The molecule has 4 bridgehead atoms. The molecule has 5 atom stereocenters. The van der Waals surface area contributed by atoms with Crippen molar-refractivity contribution in [1.82, 2.24) is 40.2 Å². The Balaban J connectivity index is 0.565. The lowest BCUT2D eigenvalue weighted by molar-refractivity contribution is -0.248. The molecule has 2 aliphatic heterocycles. The zero-order chi connectivity index (χ0) is 100. The van der Waals surface area contributed by atoms with Crippen molar-refractivity contribution in [2.45, 2.75) is 162 Å². The summed E-state index contributed by atoms with van der Waals surface area (Å²) < 4.78 is 116. The number of ether oxygens (including phenoxy) is 14. The minimum atomic E-state index is -4.55. The van der Waals surface area contributed by atoms with E-state index in [-0.39, 0.29) is 106 Å². The second-order valence-corrected chi connectivity index (χ2v) is 40.3. The number of nitrogens with zero attached hydrogens (tertiary/aromatic N) is 7. The molecule has 38 nitrogen and oxygen atoms in total. The fourth-order valence-electron chi connectivity index (χ4n) is 20.4. The highest BCUT2D eigenvalue weighted by Gasteiger charge is 2.66. The molecule has 40 heteroatoms. The number of methoxy groups -OCH3 is 1. The molecule has 6 amide bonds. The van der Waals surface area contributed by atoms with Crippen molar-refractivity contribution in [2.75, 3.05) is 201 Å². The molecule has 770 valence electrons. The third-order valence-electron chi connectivity index (χ3n) is 26.0. The van der Waals surface area contributed by atoms with E-state index in [2.05, 4.69) is 34.8 Å². The number of carboxylic acids is 1. The van der Waals surface area contributed by atoms with Crippen molar-refractivity contribution in [3.05, 3.63) is 154 Å². The number of aromatic carboxylic acids is 1. The zero-order valence-electron chi connectivity index (χ0n) is 81.5. The van der Waals surface area contributed by atoms with Crippen LogP contribution in [0.25, 0.3) is 21.3 Å². The molecule has 3 aromatic heterocycles. The number of Topliss-reactive ketones (excluding diaryl/α,β-unsaturated/α-hetero) is 2. The third kappa shape index (κ3) is 33.3. The van der Waals surface area contributed by atoms with E-state index in [1.54, 1.807) is 87.8 Å². The number of hydrogen-bond acceptors (Lipinski definition) is 30. The summed E-state index contributed by atoms with van der Waals surface area (Å²) in [6, 6.07) is 27.9. The minimum absolute atomic E-state index is 0.00611. The first-order chi connectivity index (χ1) is 67.9. The number of hydrogen-bond donors (Lipinski definition) is 6. The number of carbonyl (C=O) groups excluding carboxylic acids is 7. The molecule has 4 aliphatic carbocycles. The highest BCUT2D eigenvalue weighted by Crippen LogP contribution is 2.72. The standard InChI is InChI=1S/C101H136N10O28S2/c1-70(2)79(59-86(113)84(111-89(114)26-27-90(111)115)57-72-20-22-76(23-21-72)137-55-54-136-53-52-135-51-50-134-49-48-133-47-46-132-45-44-131-43-42-130-41-40-129-39-38-128-37-36-127-35-34-126-6)93(117)104-82(14-10-29-102-96(120)121)85(112)58-73-16-18-74(19-17-73)62-138-97(122)108(32-56-141(123,124)125)31-33-139-101-66-98(4)63-99(5,67-101)65-100(64-98,68-101)69-110-71(3)80(60-103-110)77-24-25-88(106-91(77)94(118)119)109-30-28-75-11-9-12-78(81(75)61-109)92(116)107-95-105-83-13-7-8-15-87(83)140-95/h7-9,11-13,15-25,60,70,79,82,84,102H,10,14,26-59,61-69H2,1-6H3,(H,104,117)(H,118,119)(H,120,121)(H,105,107,116)(H,123,124,125)/t79-,82-,84-,98?,99?,100?,101?/m0/s1. The van der Waals surface area contributed by atoms with E-state index in [4.69, 9.17) is 76.4 Å². The summed E-state index contributed by atoms with van der Waals surface area (Å²) >= 11 is 1.39. The van der Waals surface area contributed by atoms with Crippen LogP contribution in [0.4, 0.5) is 20.5 Å². The second-order valence-electron chi connectivity index (χ2n) is 37.7. The van der Waals surface area contributed by atoms with Crippen LogP contribution < -0.4 is 25.6 Å². The molecule has 6 N–H and O–H groups in total. The molecule has 7 aromatic rings. The summed E-state index contributed by atoms with van der Waals surface area (Å²) in [6.07, 6.45) is 4.35. The molecule has 4 aromatic carbocycles. The number of pyridine rings is 1. The van der Waals surface area contributed by atoms with Gasteiger partial charge in [-0.25, -0.2) is 24.4 Å². The van der Waals surface area contributed by atoms with Crippen molar-refractivity contribution < 1.29 is 133 Å². The van der Waals surface area contributed by atoms with Crippen LogP contribution in [0.3, 0.4) is 0 Å². The zero-order valence-corrected chi connectivity index (χ0v) is 83.1. The number of carboxylic acid groups (broad SMARTS) is 2. The topological polar surface area (TPSA) is 467 Å². The predicted molar refractivity (Wildman–Crippen MR) is 520 cm³/mol. The number of ketones is 2. The molecule has 141 heavy (non-hydrogen) atoms. The summed E-state index contributed by atoms with van der Waals surface area (Å²) in [5.41, 5.74) is 5.18. The Morgan fingerprint density at radius 1 is 0.610 bits per heavy atom. The summed E-state index contributed by atoms with van der Waals surface area (Å²) in [7, 11) is -2.92. The third-order valence-corrected chi connectivity index (χ3v) is 27.6. The SMILES string of the molecule is COCCOCCOCCOCCOCCOCCOCCOCCOCCOCCOCCOc1ccc(C[C@@H](C(=O)C[C@H](C(=O)N[C@@H](CCCNC(=O)O)C(=O)Cc2ccc(COC(=O)N(CCOC34CC5(C)CC(C)(CC(Cn6ncc(-c7ccc(N8CCc9cccc(C(=O)Nc%10nc%11ccccc%11s%10)c9C8)nc7C(=O)O)c6C)(C5)C3)C4)CCS(=O)(=O)O)cc2)C(C)C)N2C(=O)CCC2=O)cc1. The number of imide groups is 1. The number of amides is 6. The summed E-state index contributed by atoms with van der Waals surface area (Å²) in [5.74, 6) is -5.48. The van der Waals surface area contributed by atoms with Crippen molar-refractivity contribution >= 4 is 96.0 Å². The van der Waals surface area contributed by atoms with E-state index < -0.39 is 106 Å². The molecule has 1 saturated heterocycles. The lowest BCUT2D eigenvalue weighted by Gasteiger charge is -2.69. The molecule has 2 unspecified atom stereocenters. The van der Waals surface area contributed by atoms with Gasteiger partial charge in [-0.3, -0.25) is 48.2 Å². The van der Waals surface area contributed by atoms with Crippen LogP contribution >= 0.6 is 11.3 Å². The van der Waals surface area contributed by atoms with Crippen LogP contribution in [-0.4, -0.2) is 315 Å². The molecule has 0 spiro atoms. The fraction of sp³-hybridized carbons (Fsp3) is 0.584. The second kappa shape index (κ2) is 53.8. The highest BCUT2D eigenvalue weighted by molar-refractivity contribution is 7.85. The van der Waals surface area contributed by atoms with E-state index in [0.717, 1.165) is 64.0 Å². The Morgan fingerprint density at radius 3 is 1.75 bits per heavy atom. The molecular weight excluding hydrogens is 1870 g/mol. The van der Waals surface area contributed by atoms with Gasteiger partial charge in [0.1, 0.15) is 30.8 Å². The Bertz CT molecular complexity index is 5340. The summed E-state index contributed by atoms with van der Waals surface area (Å²) in [5, 5.41) is 33.8. The van der Waals surface area contributed by atoms with Crippen LogP contribution in [0.1, 0.15) is 153 Å². The van der Waals surface area contributed by atoms with Gasteiger partial charge in [0.2, 0.25) is 17.7 Å². The minimum Gasteiger partial charge on any atom is -0.491 e. The lowest BCUT2D eigenvalue weighted by Crippen LogP contribution is -2.64. The molecule has 13 rings (SSSR count). The van der Waals surface area contributed by atoms with Gasteiger partial charge in [0.25, 0.3) is 16.0 Å². The van der Waals surface area contributed by atoms with Gasteiger partial charge in [-0.1, -0.05) is 99.7 Å². The van der Waals surface area contributed by atoms with Gasteiger partial charge in [-0.2, -0.15) is 13.5 Å². The summed E-state index contributed by atoms with van der Waals surface area (Å²) in [4.78, 5) is 137. The van der Waals surface area contributed by atoms with Crippen LogP contribution in [0.5, 0.6) is 5.75 Å². The first-order valence-electron chi connectivity index (χ1n) is 48.4. The normalized spacial score (nSPS) is 18.9. The number of aromatic nitrogens is 4. The van der Waals surface area contributed by atoms with Crippen LogP contribution in [-0.2, 0) is 135 Å². The van der Waals surface area contributed by atoms with Crippen molar-refractivity contribution in [3.63, 3.8) is 0 Å². The van der Waals surface area contributed by atoms with E-state index >= 15 is 0 Å². The molecule has 6 aliphatic rings. The Hall–Kier alpha value is -10.4. The quantitative estimate of drug-likeness (QED) is 0.0117. The van der Waals surface area contributed by atoms with E-state index in [9.17, 15) is 66.3 Å². The van der Waals surface area contributed by atoms with Crippen LogP contribution in [0, 0.1) is 35.0 Å². The van der Waals surface area contributed by atoms with Crippen molar-refractivity contribution in [3.8, 4) is 16.9 Å². The molecule has 4 saturated carbocycles. The number of nitrogens with one attached hydrogen (secondary N) is 3. The van der Waals surface area contributed by atoms with E-state index in [1.807, 2.05) is 59.0 Å². The Kier molecular flexibility index (Phi) is 41.7. The smallest absolute Gasteiger partial charge is 0.410 e. The Morgan fingerprint density at radius 2 is 1.18 bits per heavy atom. The van der Waals surface area contributed by atoms with Gasteiger partial charge in [-0.05, 0) is 157 Å². The number of fused-ring (bicyclic) bond motifs is 2. The maximum absolute atomic E-state index is 14.7. The first kappa shape index (κ1) is 109. The van der Waals surface area contributed by atoms with Crippen LogP contribution in [0.2, 0.25) is 0 Å². The maximum Gasteiger partial charge on any atom is 0.410 e. The molecule has 5 heterocycles. The molecule has 0 radical (unpaired) electrons. The van der Waals surface area contributed by atoms with Gasteiger partial charge in [0.15, 0.2) is 22.4 Å². The average Bonchev–Trinajstić information content (AvgIpc) is 1.05. The molecular formula is C101H136N10O28S2. The van der Waals surface area contributed by atoms with Crippen molar-refractivity contribution in [2.24, 2.45) is 28.1 Å². The predicted octanol–water partition coefficient (Wildman–Crippen LogP) is 10.9. The molecule has 5 fully saturated rings. The van der Waals surface area contributed by atoms with Crippen LogP contribution in [0.15, 0.2) is 109 Å². The monoisotopic (exact) mass is 2000 g/mol. The first-order valence-corrected chi connectivity index (χ1v) is 50.8. The summed E-state index contributed by atoms with van der Waals surface area (Å²) in [6.45, 7) is 20.0. The average molecular weight is 2000 g/mol. The number of anilines is 2. The maximum atomic E-state index is 14.7. The number of thiazole rings is 1. The van der Waals surface area contributed by atoms with Gasteiger partial charge in [-0.15, -0.1) is 0 Å². The highest BCUT2D eigenvalue weighted by atomic mass is 32.2. The number of likely N-dealkylation sites (tertiary alicyclic amines) is 1. The lowest BCUT2D eigenvalue weighted by atomic mass is 9.39. The van der Waals surface area contributed by atoms with Gasteiger partial charge < -0.3 is 97.0 Å². The van der Waals surface area contributed by atoms with Gasteiger partial charge in [0.05, 0.1) is 179 Å². The van der Waals surface area contributed by atoms with Gasteiger partial charge >= 0.3 is 18.2 Å².